The molecule has 1 aliphatic heterocycles. The number of ether oxygens (including phenoxy) is 3. The van der Waals surface area contributed by atoms with Crippen molar-refractivity contribution in [3.63, 3.8) is 0 Å². The molecule has 0 spiro atoms. The second-order valence-electron chi connectivity index (χ2n) is 14.9. The van der Waals surface area contributed by atoms with Crippen molar-refractivity contribution < 1.29 is 41.8 Å². The summed E-state index contributed by atoms with van der Waals surface area (Å²) < 4.78 is 44.5. The maximum atomic E-state index is 14.5. The zero-order chi connectivity index (χ0) is 39.0. The van der Waals surface area contributed by atoms with Gasteiger partial charge in [0.25, 0.3) is 5.91 Å². The van der Waals surface area contributed by atoms with Crippen molar-refractivity contribution >= 4 is 44.7 Å². The summed E-state index contributed by atoms with van der Waals surface area (Å²) >= 11 is 0. The van der Waals surface area contributed by atoms with Crippen LogP contribution >= 0.6 is 0 Å². The van der Waals surface area contributed by atoms with Gasteiger partial charge in [0.05, 0.1) is 35.8 Å². The van der Waals surface area contributed by atoms with Crippen LogP contribution in [0.4, 0.5) is 4.79 Å². The van der Waals surface area contributed by atoms with Crippen molar-refractivity contribution in [3.8, 4) is 22.8 Å². The van der Waals surface area contributed by atoms with Gasteiger partial charge in [0.1, 0.15) is 23.1 Å². The lowest BCUT2D eigenvalue weighted by Gasteiger charge is -2.35. The van der Waals surface area contributed by atoms with E-state index < -0.39 is 74.1 Å². The highest BCUT2D eigenvalue weighted by Gasteiger charge is 2.61. The highest BCUT2D eigenvalue weighted by atomic mass is 32.2. The van der Waals surface area contributed by atoms with Crippen molar-refractivity contribution in [2.45, 2.75) is 69.5 Å². The summed E-state index contributed by atoms with van der Waals surface area (Å²) in [4.78, 5) is 60.9. The molecule has 54 heavy (non-hydrogen) atoms. The van der Waals surface area contributed by atoms with Crippen LogP contribution in [0, 0.1) is 17.3 Å². The van der Waals surface area contributed by atoms with Crippen LogP contribution < -0.4 is 24.8 Å². The molecule has 14 nitrogen and oxygen atoms in total. The number of nitrogens with zero attached hydrogens (tertiary/aromatic N) is 2. The van der Waals surface area contributed by atoms with Gasteiger partial charge in [-0.15, -0.1) is 6.58 Å². The summed E-state index contributed by atoms with van der Waals surface area (Å²) in [5, 5.41) is 5.42. The Kier molecular flexibility index (Phi) is 10.5. The first-order chi connectivity index (χ1) is 25.6. The van der Waals surface area contributed by atoms with E-state index in [9.17, 15) is 27.6 Å². The molecule has 0 radical (unpaired) electrons. The molecule has 1 saturated heterocycles. The van der Waals surface area contributed by atoms with Crippen LogP contribution in [0.3, 0.4) is 0 Å². The number of carbonyl (C=O) groups excluding carboxylic acids is 4. The van der Waals surface area contributed by atoms with Crippen molar-refractivity contribution in [3.05, 3.63) is 80.1 Å². The number of hydrogen-bond donors (Lipinski definition) is 3. The Bertz CT molecular complexity index is 2100. The van der Waals surface area contributed by atoms with Crippen LogP contribution in [0.1, 0.15) is 46.5 Å². The maximum absolute atomic E-state index is 14.5. The molecule has 3 N–H and O–H groups in total. The second-order valence-corrected chi connectivity index (χ2v) is 16.9. The Morgan fingerprint density at radius 3 is 2.39 bits per heavy atom. The van der Waals surface area contributed by atoms with E-state index in [1.54, 1.807) is 52.1 Å². The fourth-order valence-electron chi connectivity index (χ4n) is 6.72. The fourth-order valence-corrected chi connectivity index (χ4v) is 8.08. The molecule has 4 amide bonds. The monoisotopic (exact) mass is 759 g/mol. The summed E-state index contributed by atoms with van der Waals surface area (Å²) in [6.07, 6.45) is 1.64. The van der Waals surface area contributed by atoms with Crippen molar-refractivity contribution in [2.24, 2.45) is 17.3 Å². The smallest absolute Gasteiger partial charge is 0.412 e. The van der Waals surface area contributed by atoms with Gasteiger partial charge in [-0.1, -0.05) is 63.8 Å². The normalized spacial score (nSPS) is 22.7. The molecule has 3 fully saturated rings. The number of nitrogens with one attached hydrogen (secondary N) is 3. The third-order valence-electron chi connectivity index (χ3n) is 10.0. The highest BCUT2D eigenvalue weighted by molar-refractivity contribution is 7.91. The fraction of sp³-hybridized carbons (Fsp3) is 0.410. The van der Waals surface area contributed by atoms with E-state index in [1.807, 2.05) is 30.3 Å². The number of likely N-dealkylation sites (tertiary alicyclic amines) is 1. The van der Waals surface area contributed by atoms with E-state index in [0.717, 1.165) is 11.8 Å². The van der Waals surface area contributed by atoms with E-state index in [-0.39, 0.29) is 19.4 Å². The highest BCUT2D eigenvalue weighted by Crippen LogP contribution is 2.46. The number of pyridine rings is 1. The van der Waals surface area contributed by atoms with Gasteiger partial charge >= 0.3 is 6.09 Å². The number of alkyl carbamates (subject to hydrolysis) is 1. The summed E-state index contributed by atoms with van der Waals surface area (Å²) in [6, 6.07) is 15.4. The van der Waals surface area contributed by atoms with Crippen molar-refractivity contribution in [1.29, 1.82) is 0 Å². The van der Waals surface area contributed by atoms with Gasteiger partial charge in [-0.25, -0.2) is 18.2 Å². The van der Waals surface area contributed by atoms with E-state index in [1.165, 1.54) is 11.0 Å². The molecule has 2 aromatic carbocycles. The number of fused-ring (bicyclic) bond motifs is 1. The number of methoxy groups -OCH3 is 1. The third kappa shape index (κ3) is 7.91. The number of carbonyl (C=O) groups is 4. The minimum absolute atomic E-state index is 0.00299. The number of amides is 4. The Hall–Kier alpha value is -5.44. The second kappa shape index (κ2) is 14.8. The van der Waals surface area contributed by atoms with E-state index in [2.05, 4.69) is 28.5 Å². The molecule has 5 atom stereocenters. The summed E-state index contributed by atoms with van der Waals surface area (Å²) in [6.45, 7) is 12.4. The molecule has 0 bridgehead atoms. The molecule has 2 saturated carbocycles. The van der Waals surface area contributed by atoms with Gasteiger partial charge in [0.2, 0.25) is 21.8 Å². The van der Waals surface area contributed by atoms with Gasteiger partial charge < -0.3 is 29.7 Å². The van der Waals surface area contributed by atoms with Crippen LogP contribution in [0.25, 0.3) is 22.2 Å². The Labute approximate surface area is 314 Å². The number of aromatic nitrogens is 1. The van der Waals surface area contributed by atoms with Gasteiger partial charge in [0.15, 0.2) is 6.23 Å². The molecule has 286 valence electrons. The molecule has 2 aliphatic carbocycles. The Morgan fingerprint density at radius 1 is 1.06 bits per heavy atom. The Balaban J connectivity index is 1.35. The molecule has 2 heterocycles. The standard InChI is InChI=1S/C39H45N5O9S/c1-7-25-21-39(25,36(47)43-54(49,50)27-15-16-27)42-34(45)24-18-32(44(22-24)35(46)33(38(3,4)5)41-37(48)52-8-2)53-31-20-29(23-12-10-9-11-13-23)40-30-19-26(51-6)14-17-28(30)31/h7-14,17,19-20,24-25,27,32-33H,1-2,15-16,18,21-22H2,3-6H3,(H,41,48)(H,42,45)(H,43,47)/t24-,25-,32+,33-,39-/m1/s1. The SMILES string of the molecule is C=COC(=O)N[C@H](C(=O)N1C[C@H](C(=O)N[C@]2(C(=O)NS(=O)(=O)C3CC3)C[C@H]2C=C)C[C@@H]1Oc1cc(-c2ccccc2)nc2cc(OC)ccc12)C(C)(C)C. The molecule has 3 aliphatic rings. The number of benzene rings is 2. The van der Waals surface area contributed by atoms with Crippen LogP contribution in [0.5, 0.6) is 11.5 Å². The summed E-state index contributed by atoms with van der Waals surface area (Å²) in [5.41, 5.74) is -0.353. The minimum atomic E-state index is -3.89. The lowest BCUT2D eigenvalue weighted by atomic mass is 9.86. The zero-order valence-electron chi connectivity index (χ0n) is 30.7. The van der Waals surface area contributed by atoms with Gasteiger partial charge in [-0.3, -0.25) is 19.1 Å². The predicted octanol–water partition coefficient (Wildman–Crippen LogP) is 4.42. The lowest BCUT2D eigenvalue weighted by molar-refractivity contribution is -0.141. The molecule has 3 aromatic rings. The first kappa shape index (κ1) is 38.3. The Morgan fingerprint density at radius 2 is 1.78 bits per heavy atom. The number of rotatable bonds is 13. The van der Waals surface area contributed by atoms with E-state index in [4.69, 9.17) is 19.2 Å². The van der Waals surface area contributed by atoms with Gasteiger partial charge in [0, 0.05) is 42.0 Å². The van der Waals surface area contributed by atoms with Gasteiger partial charge in [-0.05, 0) is 36.8 Å². The molecular formula is C39H45N5O9S. The molecular weight excluding hydrogens is 715 g/mol. The molecule has 6 rings (SSSR count). The average Bonchev–Trinajstić information content (AvgIpc) is 4.07. The van der Waals surface area contributed by atoms with Crippen molar-refractivity contribution in [2.75, 3.05) is 13.7 Å². The molecule has 0 unspecified atom stereocenters. The van der Waals surface area contributed by atoms with Crippen LogP contribution in [-0.2, 0) is 29.1 Å². The van der Waals surface area contributed by atoms with Crippen LogP contribution in [-0.4, -0.2) is 78.8 Å². The van der Waals surface area contributed by atoms with E-state index in [0.29, 0.717) is 40.9 Å². The number of hydrogen-bond acceptors (Lipinski definition) is 10. The van der Waals surface area contributed by atoms with Crippen LogP contribution in [0.15, 0.2) is 80.1 Å². The minimum Gasteiger partial charge on any atom is -0.497 e. The van der Waals surface area contributed by atoms with E-state index >= 15 is 0 Å². The topological polar surface area (TPSA) is 182 Å². The quantitative estimate of drug-likeness (QED) is 0.167. The third-order valence-corrected chi connectivity index (χ3v) is 11.8. The molecule has 15 heteroatoms. The number of sulfonamides is 1. The largest absolute Gasteiger partial charge is 0.497 e. The van der Waals surface area contributed by atoms with Crippen molar-refractivity contribution in [1.82, 2.24) is 25.2 Å². The summed E-state index contributed by atoms with van der Waals surface area (Å²) in [7, 11) is -2.33. The van der Waals surface area contributed by atoms with Crippen LogP contribution in [0.2, 0.25) is 0 Å². The molecule has 1 aromatic heterocycles. The summed E-state index contributed by atoms with van der Waals surface area (Å²) in [5.74, 6) is -2.36. The zero-order valence-corrected chi connectivity index (χ0v) is 31.5. The first-order valence-corrected chi connectivity index (χ1v) is 19.2. The lowest BCUT2D eigenvalue weighted by Crippen LogP contribution is -2.56. The van der Waals surface area contributed by atoms with Gasteiger partial charge in [-0.2, -0.15) is 0 Å². The maximum Gasteiger partial charge on any atom is 0.412 e. The average molecular weight is 760 g/mol. The predicted molar refractivity (Wildman–Crippen MR) is 200 cm³/mol. The first-order valence-electron chi connectivity index (χ1n) is 17.7.